The second-order valence-corrected chi connectivity index (χ2v) is 9.18. The van der Waals surface area contributed by atoms with E-state index < -0.39 is 23.1 Å². The third kappa shape index (κ3) is 6.72. The number of fused-ring (bicyclic) bond motifs is 1. The molecule has 1 aliphatic rings. The van der Waals surface area contributed by atoms with Gasteiger partial charge in [0.05, 0.1) is 25.3 Å². The molecular formula is C26H28ClFN4O5. The smallest absolute Gasteiger partial charge is 0.257 e. The van der Waals surface area contributed by atoms with Crippen molar-refractivity contribution in [3.63, 3.8) is 0 Å². The van der Waals surface area contributed by atoms with Gasteiger partial charge in [-0.2, -0.15) is 0 Å². The maximum atomic E-state index is 15.4. The molecule has 3 N–H and O–H groups in total. The number of benzene rings is 2. The van der Waals surface area contributed by atoms with E-state index in [1.165, 1.54) is 16.8 Å². The standard InChI is InChI=1S/C26H28ClFN4O5/c27-19-3-1-17(2-4-19)13-30-26(36)21-15-32(16-23(34)29-5-8-33)24-20(25(21)35)11-18(12-22(24)28)14-31-6-9-37-10-7-31/h1-4,11-12,15,33H,5-10,13-14,16H2,(H,29,34)(H,30,36). The van der Waals surface area contributed by atoms with Gasteiger partial charge in [0.2, 0.25) is 11.3 Å². The van der Waals surface area contributed by atoms with Crippen LogP contribution in [0.25, 0.3) is 10.9 Å². The SMILES string of the molecule is O=C(Cn1cc(C(=O)NCc2ccc(Cl)cc2)c(=O)c2cc(CN3CCOCC3)cc(F)c21)NCCO. The number of ether oxygens (including phenoxy) is 1. The molecule has 1 fully saturated rings. The molecule has 37 heavy (non-hydrogen) atoms. The highest BCUT2D eigenvalue weighted by Crippen LogP contribution is 2.21. The average Bonchev–Trinajstić information content (AvgIpc) is 2.89. The van der Waals surface area contributed by atoms with Crippen molar-refractivity contribution < 1.29 is 23.8 Å². The van der Waals surface area contributed by atoms with E-state index >= 15 is 4.39 Å². The first-order valence-corrected chi connectivity index (χ1v) is 12.3. The summed E-state index contributed by atoms with van der Waals surface area (Å²) in [6.07, 6.45) is 1.20. The summed E-state index contributed by atoms with van der Waals surface area (Å²) in [5, 5.41) is 14.8. The van der Waals surface area contributed by atoms with Crippen LogP contribution >= 0.6 is 11.6 Å². The number of pyridine rings is 1. The van der Waals surface area contributed by atoms with E-state index in [4.69, 9.17) is 21.4 Å². The van der Waals surface area contributed by atoms with Crippen molar-refractivity contribution >= 4 is 34.3 Å². The van der Waals surface area contributed by atoms with Gasteiger partial charge in [0.15, 0.2) is 0 Å². The van der Waals surface area contributed by atoms with Gasteiger partial charge in [-0.05, 0) is 35.4 Å². The van der Waals surface area contributed by atoms with Crippen LogP contribution in [0, 0.1) is 5.82 Å². The van der Waals surface area contributed by atoms with Crippen LogP contribution in [0.3, 0.4) is 0 Å². The quantitative estimate of drug-likeness (QED) is 0.388. The lowest BCUT2D eigenvalue weighted by molar-refractivity contribution is -0.121. The Labute approximate surface area is 217 Å². The molecule has 2 aromatic carbocycles. The molecule has 0 saturated carbocycles. The highest BCUT2D eigenvalue weighted by atomic mass is 35.5. The number of carbonyl (C=O) groups excluding carboxylic acids is 2. The number of morpholine rings is 1. The minimum atomic E-state index is -0.666. The zero-order chi connectivity index (χ0) is 26.4. The Hall–Kier alpha value is -3.31. The Morgan fingerprint density at radius 3 is 2.51 bits per heavy atom. The first kappa shape index (κ1) is 26.7. The van der Waals surface area contributed by atoms with Gasteiger partial charge in [0.25, 0.3) is 5.91 Å². The predicted octanol–water partition coefficient (Wildman–Crippen LogP) is 1.66. The number of nitrogens with zero attached hydrogens (tertiary/aromatic N) is 2. The molecular weight excluding hydrogens is 503 g/mol. The van der Waals surface area contributed by atoms with Crippen molar-refractivity contribution in [1.29, 1.82) is 0 Å². The first-order chi connectivity index (χ1) is 17.9. The van der Waals surface area contributed by atoms with Crippen LogP contribution in [0.5, 0.6) is 0 Å². The Morgan fingerprint density at radius 1 is 1.08 bits per heavy atom. The van der Waals surface area contributed by atoms with E-state index in [1.807, 2.05) is 0 Å². The molecule has 11 heteroatoms. The van der Waals surface area contributed by atoms with Gasteiger partial charge < -0.3 is 25.0 Å². The molecule has 0 atom stereocenters. The number of carbonyl (C=O) groups is 2. The fourth-order valence-corrected chi connectivity index (χ4v) is 4.35. The summed E-state index contributed by atoms with van der Waals surface area (Å²) in [6, 6.07) is 9.81. The lowest BCUT2D eigenvalue weighted by Gasteiger charge is -2.26. The minimum Gasteiger partial charge on any atom is -0.395 e. The zero-order valence-electron chi connectivity index (χ0n) is 20.1. The van der Waals surface area contributed by atoms with Gasteiger partial charge in [-0.15, -0.1) is 0 Å². The molecule has 0 radical (unpaired) electrons. The summed E-state index contributed by atoms with van der Waals surface area (Å²) in [6.45, 7) is 2.51. The van der Waals surface area contributed by atoms with Crippen LogP contribution in [-0.4, -0.2) is 65.8 Å². The zero-order valence-corrected chi connectivity index (χ0v) is 20.9. The Kier molecular flexibility index (Phi) is 8.88. The molecule has 4 rings (SSSR count). The lowest BCUT2D eigenvalue weighted by Crippen LogP contribution is -2.35. The maximum absolute atomic E-state index is 15.4. The van der Waals surface area contributed by atoms with E-state index in [-0.39, 0.29) is 42.7 Å². The van der Waals surface area contributed by atoms with Crippen LogP contribution in [-0.2, 0) is 29.2 Å². The number of aromatic nitrogens is 1. The summed E-state index contributed by atoms with van der Waals surface area (Å²) in [7, 11) is 0. The molecule has 1 saturated heterocycles. The molecule has 0 aliphatic carbocycles. The molecule has 0 unspecified atom stereocenters. The molecule has 3 aromatic rings. The summed E-state index contributed by atoms with van der Waals surface area (Å²) in [5.74, 6) is -1.81. The molecule has 196 valence electrons. The van der Waals surface area contributed by atoms with Crippen LogP contribution in [0.1, 0.15) is 21.5 Å². The summed E-state index contributed by atoms with van der Waals surface area (Å²) < 4.78 is 22.0. The fraction of sp³-hybridized carbons (Fsp3) is 0.346. The Bertz CT molecular complexity index is 1340. The topological polar surface area (TPSA) is 113 Å². The number of halogens is 2. The van der Waals surface area contributed by atoms with Crippen molar-refractivity contribution in [3.8, 4) is 0 Å². The van der Waals surface area contributed by atoms with E-state index in [1.54, 1.807) is 30.3 Å². The van der Waals surface area contributed by atoms with Gasteiger partial charge in [-0.25, -0.2) is 4.39 Å². The normalized spacial score (nSPS) is 14.0. The van der Waals surface area contributed by atoms with E-state index in [0.717, 1.165) is 5.56 Å². The molecule has 0 spiro atoms. The molecule has 1 aliphatic heterocycles. The average molecular weight is 531 g/mol. The van der Waals surface area contributed by atoms with Gasteiger partial charge >= 0.3 is 0 Å². The maximum Gasteiger partial charge on any atom is 0.257 e. The largest absolute Gasteiger partial charge is 0.395 e. The Balaban J connectivity index is 1.70. The fourth-order valence-electron chi connectivity index (χ4n) is 4.23. The highest BCUT2D eigenvalue weighted by molar-refractivity contribution is 6.30. The number of hydrogen-bond acceptors (Lipinski definition) is 6. The lowest BCUT2D eigenvalue weighted by atomic mass is 10.1. The van der Waals surface area contributed by atoms with Crippen LogP contribution in [0.15, 0.2) is 47.4 Å². The highest BCUT2D eigenvalue weighted by Gasteiger charge is 2.21. The Morgan fingerprint density at radius 2 is 1.81 bits per heavy atom. The molecule has 1 aromatic heterocycles. The van der Waals surface area contributed by atoms with Crippen molar-refractivity contribution in [3.05, 3.63) is 80.3 Å². The number of hydrogen-bond donors (Lipinski definition) is 3. The van der Waals surface area contributed by atoms with Crippen LogP contribution in [0.4, 0.5) is 4.39 Å². The number of aliphatic hydroxyl groups excluding tert-OH is 1. The second-order valence-electron chi connectivity index (χ2n) is 8.74. The third-order valence-corrected chi connectivity index (χ3v) is 6.31. The molecule has 0 bridgehead atoms. The van der Waals surface area contributed by atoms with Gasteiger partial charge in [-0.3, -0.25) is 19.3 Å². The van der Waals surface area contributed by atoms with Gasteiger partial charge in [-0.1, -0.05) is 23.7 Å². The summed E-state index contributed by atoms with van der Waals surface area (Å²) in [5.41, 5.74) is 0.460. The number of nitrogens with one attached hydrogen (secondary N) is 2. The van der Waals surface area contributed by atoms with Crippen LogP contribution in [0.2, 0.25) is 5.02 Å². The second kappa shape index (κ2) is 12.3. The third-order valence-electron chi connectivity index (χ3n) is 6.05. The van der Waals surface area contributed by atoms with Crippen molar-refractivity contribution in [2.24, 2.45) is 0 Å². The number of aliphatic hydroxyl groups is 1. The van der Waals surface area contributed by atoms with Gasteiger partial charge in [0, 0.05) is 49.3 Å². The first-order valence-electron chi connectivity index (χ1n) is 11.9. The molecule has 2 amide bonds. The van der Waals surface area contributed by atoms with E-state index in [9.17, 15) is 14.4 Å². The van der Waals surface area contributed by atoms with E-state index in [0.29, 0.717) is 43.4 Å². The predicted molar refractivity (Wildman–Crippen MR) is 137 cm³/mol. The van der Waals surface area contributed by atoms with Gasteiger partial charge in [0.1, 0.15) is 17.9 Å². The van der Waals surface area contributed by atoms with Crippen molar-refractivity contribution in [2.75, 3.05) is 39.5 Å². The summed E-state index contributed by atoms with van der Waals surface area (Å²) >= 11 is 5.91. The number of amides is 2. The molecule has 9 nitrogen and oxygen atoms in total. The van der Waals surface area contributed by atoms with E-state index in [2.05, 4.69) is 15.5 Å². The minimum absolute atomic E-state index is 0.0114. The number of rotatable bonds is 9. The summed E-state index contributed by atoms with van der Waals surface area (Å²) in [4.78, 5) is 40.9. The molecule has 2 heterocycles. The van der Waals surface area contributed by atoms with Crippen molar-refractivity contribution in [1.82, 2.24) is 20.1 Å². The monoisotopic (exact) mass is 530 g/mol. The van der Waals surface area contributed by atoms with Crippen LogP contribution < -0.4 is 16.1 Å². The van der Waals surface area contributed by atoms with Crippen molar-refractivity contribution in [2.45, 2.75) is 19.6 Å².